The van der Waals surface area contributed by atoms with Gasteiger partial charge >= 0.3 is 0 Å². The monoisotopic (exact) mass is 199 g/mol. The number of nitrogens with zero attached hydrogens (tertiary/aromatic N) is 1. The lowest BCUT2D eigenvalue weighted by atomic mass is 10.1. The molecule has 14 heavy (non-hydrogen) atoms. The molecule has 0 bridgehead atoms. The SMILES string of the molecule is CC1CC(CNC(=O)[C@@H](C)N)CN1C. The van der Waals surface area contributed by atoms with Crippen molar-refractivity contribution in [3.05, 3.63) is 0 Å². The van der Waals surface area contributed by atoms with Crippen molar-refractivity contribution in [1.82, 2.24) is 10.2 Å². The van der Waals surface area contributed by atoms with E-state index in [1.54, 1.807) is 6.92 Å². The largest absolute Gasteiger partial charge is 0.354 e. The molecule has 1 rings (SSSR count). The Labute approximate surface area is 85.8 Å². The third kappa shape index (κ3) is 2.96. The highest BCUT2D eigenvalue weighted by Gasteiger charge is 2.26. The molecule has 3 atom stereocenters. The van der Waals surface area contributed by atoms with E-state index in [0.717, 1.165) is 19.5 Å². The Morgan fingerprint density at radius 2 is 2.36 bits per heavy atom. The van der Waals surface area contributed by atoms with Gasteiger partial charge in [0.25, 0.3) is 0 Å². The number of hydrogen-bond acceptors (Lipinski definition) is 3. The first-order chi connectivity index (χ1) is 6.50. The van der Waals surface area contributed by atoms with Gasteiger partial charge in [-0.15, -0.1) is 0 Å². The summed E-state index contributed by atoms with van der Waals surface area (Å²) in [6.07, 6.45) is 1.16. The molecule has 0 aromatic carbocycles. The summed E-state index contributed by atoms with van der Waals surface area (Å²) in [5, 5.41) is 2.87. The Bertz CT molecular complexity index is 196. The van der Waals surface area contributed by atoms with Crippen LogP contribution in [0.2, 0.25) is 0 Å². The number of carbonyl (C=O) groups excluding carboxylic acids is 1. The van der Waals surface area contributed by atoms with E-state index in [0.29, 0.717) is 12.0 Å². The highest BCUT2D eigenvalue weighted by Crippen LogP contribution is 2.19. The lowest BCUT2D eigenvalue weighted by Crippen LogP contribution is -2.40. The maximum atomic E-state index is 11.2. The molecular weight excluding hydrogens is 178 g/mol. The maximum absolute atomic E-state index is 11.2. The molecule has 0 aromatic rings. The van der Waals surface area contributed by atoms with Gasteiger partial charge in [-0.05, 0) is 33.2 Å². The zero-order chi connectivity index (χ0) is 10.7. The Morgan fingerprint density at radius 3 is 2.79 bits per heavy atom. The molecule has 3 N–H and O–H groups in total. The van der Waals surface area contributed by atoms with E-state index in [4.69, 9.17) is 5.73 Å². The topological polar surface area (TPSA) is 58.4 Å². The van der Waals surface area contributed by atoms with E-state index in [1.165, 1.54) is 0 Å². The normalized spacial score (nSPS) is 30.3. The second-order valence-corrected chi connectivity index (χ2v) is 4.42. The van der Waals surface area contributed by atoms with Gasteiger partial charge in [0, 0.05) is 19.1 Å². The molecule has 0 spiro atoms. The number of nitrogens with two attached hydrogens (primary N) is 1. The summed E-state index contributed by atoms with van der Waals surface area (Å²) in [6.45, 7) is 5.75. The fraction of sp³-hybridized carbons (Fsp3) is 0.900. The van der Waals surface area contributed by atoms with E-state index in [1.807, 2.05) is 0 Å². The van der Waals surface area contributed by atoms with Gasteiger partial charge in [-0.1, -0.05) is 0 Å². The fourth-order valence-electron chi connectivity index (χ4n) is 1.88. The molecular formula is C10H21N3O. The Balaban J connectivity index is 2.23. The number of nitrogens with one attached hydrogen (secondary N) is 1. The summed E-state index contributed by atoms with van der Waals surface area (Å²) in [5.41, 5.74) is 5.45. The van der Waals surface area contributed by atoms with E-state index in [9.17, 15) is 4.79 Å². The van der Waals surface area contributed by atoms with Crippen LogP contribution in [-0.2, 0) is 4.79 Å². The summed E-state index contributed by atoms with van der Waals surface area (Å²) in [4.78, 5) is 13.5. The first kappa shape index (κ1) is 11.5. The summed E-state index contributed by atoms with van der Waals surface area (Å²) < 4.78 is 0. The average Bonchev–Trinajstić information content (AvgIpc) is 2.42. The van der Waals surface area contributed by atoms with E-state index in [-0.39, 0.29) is 5.91 Å². The van der Waals surface area contributed by atoms with Crippen LogP contribution in [0.3, 0.4) is 0 Å². The van der Waals surface area contributed by atoms with Crippen LogP contribution >= 0.6 is 0 Å². The molecule has 0 saturated carbocycles. The molecule has 1 heterocycles. The molecule has 1 saturated heterocycles. The van der Waals surface area contributed by atoms with Crippen molar-refractivity contribution in [2.24, 2.45) is 11.7 Å². The van der Waals surface area contributed by atoms with E-state index in [2.05, 4.69) is 24.2 Å². The summed E-state index contributed by atoms with van der Waals surface area (Å²) in [7, 11) is 2.12. The highest BCUT2D eigenvalue weighted by molar-refractivity contribution is 5.80. The van der Waals surface area contributed by atoms with Gasteiger partial charge in [0.15, 0.2) is 0 Å². The Kier molecular flexibility index (Phi) is 3.89. The van der Waals surface area contributed by atoms with Gasteiger partial charge in [-0.25, -0.2) is 0 Å². The van der Waals surface area contributed by atoms with Crippen LogP contribution in [0.25, 0.3) is 0 Å². The molecule has 0 radical (unpaired) electrons. The second-order valence-electron chi connectivity index (χ2n) is 4.42. The third-order valence-electron chi connectivity index (χ3n) is 2.95. The van der Waals surface area contributed by atoms with Crippen molar-refractivity contribution >= 4 is 5.91 Å². The van der Waals surface area contributed by atoms with Gasteiger partial charge in [-0.3, -0.25) is 4.79 Å². The molecule has 4 heteroatoms. The maximum Gasteiger partial charge on any atom is 0.236 e. The number of rotatable bonds is 3. The minimum Gasteiger partial charge on any atom is -0.354 e. The van der Waals surface area contributed by atoms with Crippen molar-refractivity contribution in [2.45, 2.75) is 32.4 Å². The fourth-order valence-corrected chi connectivity index (χ4v) is 1.88. The predicted octanol–water partition coefficient (Wildman–Crippen LogP) is -0.210. The smallest absolute Gasteiger partial charge is 0.236 e. The minimum atomic E-state index is -0.397. The first-order valence-corrected chi connectivity index (χ1v) is 5.24. The average molecular weight is 199 g/mol. The molecule has 1 aliphatic heterocycles. The molecule has 0 aliphatic carbocycles. The van der Waals surface area contributed by atoms with Gasteiger partial charge < -0.3 is 16.0 Å². The predicted molar refractivity (Wildman–Crippen MR) is 56.9 cm³/mol. The molecule has 82 valence electrons. The number of likely N-dealkylation sites (tertiary alicyclic amines) is 1. The zero-order valence-corrected chi connectivity index (χ0v) is 9.29. The summed E-state index contributed by atoms with van der Waals surface area (Å²) in [6, 6.07) is 0.235. The summed E-state index contributed by atoms with van der Waals surface area (Å²) >= 11 is 0. The van der Waals surface area contributed by atoms with E-state index >= 15 is 0 Å². The van der Waals surface area contributed by atoms with Crippen LogP contribution in [0.4, 0.5) is 0 Å². The van der Waals surface area contributed by atoms with Gasteiger partial charge in [0.05, 0.1) is 6.04 Å². The van der Waals surface area contributed by atoms with Gasteiger partial charge in [0.2, 0.25) is 5.91 Å². The van der Waals surface area contributed by atoms with Crippen molar-refractivity contribution in [3.63, 3.8) is 0 Å². The van der Waals surface area contributed by atoms with Crippen LogP contribution in [0.1, 0.15) is 20.3 Å². The number of amides is 1. The van der Waals surface area contributed by atoms with Crippen molar-refractivity contribution in [2.75, 3.05) is 20.1 Å². The lowest BCUT2D eigenvalue weighted by molar-refractivity contribution is -0.122. The van der Waals surface area contributed by atoms with Crippen molar-refractivity contribution < 1.29 is 4.79 Å². The van der Waals surface area contributed by atoms with Crippen molar-refractivity contribution in [3.8, 4) is 0 Å². The van der Waals surface area contributed by atoms with Crippen molar-refractivity contribution in [1.29, 1.82) is 0 Å². The van der Waals surface area contributed by atoms with E-state index < -0.39 is 6.04 Å². The number of hydrogen-bond donors (Lipinski definition) is 2. The quantitative estimate of drug-likeness (QED) is 0.661. The zero-order valence-electron chi connectivity index (χ0n) is 9.29. The minimum absolute atomic E-state index is 0.0489. The third-order valence-corrected chi connectivity index (χ3v) is 2.95. The molecule has 2 unspecified atom stereocenters. The molecule has 0 aromatic heterocycles. The molecule has 1 amide bonds. The number of carbonyl (C=O) groups is 1. The van der Waals surface area contributed by atoms with Crippen LogP contribution < -0.4 is 11.1 Å². The Morgan fingerprint density at radius 1 is 1.71 bits per heavy atom. The summed E-state index contributed by atoms with van der Waals surface area (Å²) in [5.74, 6) is 0.532. The standard InChI is InChI=1S/C10H21N3O/c1-7-4-9(6-13(7)3)5-12-10(14)8(2)11/h7-9H,4-6,11H2,1-3H3,(H,12,14)/t7?,8-,9?/m1/s1. The Hall–Kier alpha value is -0.610. The second kappa shape index (κ2) is 4.75. The van der Waals surface area contributed by atoms with Gasteiger partial charge in [-0.2, -0.15) is 0 Å². The van der Waals surface area contributed by atoms with Crippen LogP contribution in [0.15, 0.2) is 0 Å². The van der Waals surface area contributed by atoms with Gasteiger partial charge in [0.1, 0.15) is 0 Å². The first-order valence-electron chi connectivity index (χ1n) is 5.24. The van der Waals surface area contributed by atoms with Crippen LogP contribution in [-0.4, -0.2) is 43.0 Å². The van der Waals surface area contributed by atoms with Crippen LogP contribution in [0.5, 0.6) is 0 Å². The molecule has 1 fully saturated rings. The van der Waals surface area contributed by atoms with Crippen LogP contribution in [0, 0.1) is 5.92 Å². The molecule has 4 nitrogen and oxygen atoms in total. The lowest BCUT2D eigenvalue weighted by Gasteiger charge is -2.13. The highest BCUT2D eigenvalue weighted by atomic mass is 16.2. The molecule has 1 aliphatic rings.